The molecular formula is C16H22F3NO2. The Kier molecular flexibility index (Phi) is 6.08. The zero-order valence-corrected chi connectivity index (χ0v) is 12.5. The summed E-state index contributed by atoms with van der Waals surface area (Å²) in [7, 11) is 0. The SMILES string of the molecule is OCCCC1CCCN1Cc1ccc(OCC(F)(F)F)cc1. The molecule has 1 aromatic carbocycles. The van der Waals surface area contributed by atoms with Gasteiger partial charge in [-0.05, 0) is 49.9 Å². The minimum atomic E-state index is -4.31. The molecule has 0 amide bonds. The molecule has 1 saturated heterocycles. The molecule has 1 aliphatic heterocycles. The summed E-state index contributed by atoms with van der Waals surface area (Å²) in [5.41, 5.74) is 1.07. The zero-order valence-electron chi connectivity index (χ0n) is 12.5. The number of hydrogen-bond donors (Lipinski definition) is 1. The number of rotatable bonds is 7. The van der Waals surface area contributed by atoms with E-state index >= 15 is 0 Å². The maximum atomic E-state index is 12.1. The fourth-order valence-electron chi connectivity index (χ4n) is 2.85. The highest BCUT2D eigenvalue weighted by Gasteiger charge is 2.28. The van der Waals surface area contributed by atoms with Crippen molar-refractivity contribution in [3.05, 3.63) is 29.8 Å². The monoisotopic (exact) mass is 317 g/mol. The number of aliphatic hydroxyl groups excluding tert-OH is 1. The lowest BCUT2D eigenvalue weighted by molar-refractivity contribution is -0.153. The highest BCUT2D eigenvalue weighted by molar-refractivity contribution is 5.27. The second-order valence-electron chi connectivity index (χ2n) is 5.68. The van der Waals surface area contributed by atoms with Crippen molar-refractivity contribution in [2.75, 3.05) is 19.8 Å². The maximum absolute atomic E-state index is 12.1. The Morgan fingerprint density at radius 2 is 1.95 bits per heavy atom. The van der Waals surface area contributed by atoms with Gasteiger partial charge in [0.1, 0.15) is 5.75 Å². The van der Waals surface area contributed by atoms with E-state index in [-0.39, 0.29) is 12.4 Å². The first kappa shape index (κ1) is 17.1. The topological polar surface area (TPSA) is 32.7 Å². The van der Waals surface area contributed by atoms with Gasteiger partial charge in [0.25, 0.3) is 0 Å². The molecule has 22 heavy (non-hydrogen) atoms. The molecule has 1 aliphatic rings. The van der Waals surface area contributed by atoms with Crippen LogP contribution in [-0.2, 0) is 6.54 Å². The minimum Gasteiger partial charge on any atom is -0.484 e. The third-order valence-electron chi connectivity index (χ3n) is 3.91. The van der Waals surface area contributed by atoms with Crippen LogP contribution in [0, 0.1) is 0 Å². The van der Waals surface area contributed by atoms with Crippen molar-refractivity contribution in [1.82, 2.24) is 4.90 Å². The highest BCUT2D eigenvalue weighted by atomic mass is 19.4. The predicted molar refractivity (Wildman–Crippen MR) is 77.7 cm³/mol. The van der Waals surface area contributed by atoms with Gasteiger partial charge in [-0.2, -0.15) is 13.2 Å². The Hall–Kier alpha value is -1.27. The second-order valence-corrected chi connectivity index (χ2v) is 5.68. The first-order valence-electron chi connectivity index (χ1n) is 7.61. The van der Waals surface area contributed by atoms with Crippen LogP contribution in [0.5, 0.6) is 5.75 Å². The predicted octanol–water partition coefficient (Wildman–Crippen LogP) is 3.36. The van der Waals surface area contributed by atoms with E-state index in [2.05, 4.69) is 4.90 Å². The Bertz CT molecular complexity index is 448. The minimum absolute atomic E-state index is 0.218. The van der Waals surface area contributed by atoms with Gasteiger partial charge in [0.15, 0.2) is 6.61 Å². The van der Waals surface area contributed by atoms with Gasteiger partial charge >= 0.3 is 6.18 Å². The Morgan fingerprint density at radius 1 is 1.23 bits per heavy atom. The Labute approximate surface area is 128 Å². The summed E-state index contributed by atoms with van der Waals surface area (Å²) in [6.45, 7) is 0.773. The van der Waals surface area contributed by atoms with E-state index in [1.54, 1.807) is 12.1 Å². The highest BCUT2D eigenvalue weighted by Crippen LogP contribution is 2.24. The van der Waals surface area contributed by atoms with E-state index in [1.165, 1.54) is 0 Å². The average molecular weight is 317 g/mol. The molecule has 1 unspecified atom stereocenters. The smallest absolute Gasteiger partial charge is 0.422 e. The lowest BCUT2D eigenvalue weighted by Crippen LogP contribution is -2.29. The zero-order chi connectivity index (χ0) is 16.0. The number of halogens is 3. The first-order chi connectivity index (χ1) is 10.5. The van der Waals surface area contributed by atoms with E-state index in [0.29, 0.717) is 6.04 Å². The van der Waals surface area contributed by atoms with Gasteiger partial charge in [-0.1, -0.05) is 12.1 Å². The molecule has 0 saturated carbocycles. The molecule has 0 radical (unpaired) electrons. The van der Waals surface area contributed by atoms with Crippen molar-refractivity contribution in [3.63, 3.8) is 0 Å². The number of alkyl halides is 3. The van der Waals surface area contributed by atoms with Crippen LogP contribution < -0.4 is 4.74 Å². The van der Waals surface area contributed by atoms with Crippen molar-refractivity contribution in [1.29, 1.82) is 0 Å². The van der Waals surface area contributed by atoms with Crippen molar-refractivity contribution in [2.45, 2.75) is 44.4 Å². The third-order valence-corrected chi connectivity index (χ3v) is 3.91. The quantitative estimate of drug-likeness (QED) is 0.837. The molecule has 1 aromatic rings. The molecular weight excluding hydrogens is 295 g/mol. The molecule has 1 heterocycles. The molecule has 124 valence electrons. The molecule has 0 bridgehead atoms. The fourth-order valence-corrected chi connectivity index (χ4v) is 2.85. The summed E-state index contributed by atoms with van der Waals surface area (Å²) in [5.74, 6) is 0.235. The van der Waals surface area contributed by atoms with Gasteiger partial charge in [0, 0.05) is 19.2 Å². The van der Waals surface area contributed by atoms with E-state index in [9.17, 15) is 13.2 Å². The first-order valence-corrected chi connectivity index (χ1v) is 7.61. The normalized spacial score (nSPS) is 19.5. The van der Waals surface area contributed by atoms with E-state index in [4.69, 9.17) is 9.84 Å². The lowest BCUT2D eigenvalue weighted by atomic mass is 10.1. The molecule has 1 atom stereocenters. The van der Waals surface area contributed by atoms with E-state index in [0.717, 1.165) is 44.3 Å². The molecule has 0 aliphatic carbocycles. The number of benzene rings is 1. The number of hydrogen-bond acceptors (Lipinski definition) is 3. The van der Waals surface area contributed by atoms with E-state index < -0.39 is 12.8 Å². The Morgan fingerprint density at radius 3 is 2.59 bits per heavy atom. The summed E-state index contributed by atoms with van der Waals surface area (Å²) >= 11 is 0. The van der Waals surface area contributed by atoms with E-state index in [1.807, 2.05) is 12.1 Å². The molecule has 2 rings (SSSR count). The number of likely N-dealkylation sites (tertiary alicyclic amines) is 1. The van der Waals surface area contributed by atoms with Gasteiger partial charge in [-0.15, -0.1) is 0 Å². The molecule has 1 fully saturated rings. The molecule has 3 nitrogen and oxygen atoms in total. The van der Waals surface area contributed by atoms with Gasteiger partial charge < -0.3 is 9.84 Å². The summed E-state index contributed by atoms with van der Waals surface area (Å²) in [6, 6.07) is 7.29. The number of aliphatic hydroxyl groups is 1. The van der Waals surface area contributed by atoms with Gasteiger partial charge in [-0.3, -0.25) is 4.90 Å². The van der Waals surface area contributed by atoms with Crippen LogP contribution in [0.15, 0.2) is 24.3 Å². The Balaban J connectivity index is 1.85. The maximum Gasteiger partial charge on any atom is 0.422 e. The van der Waals surface area contributed by atoms with Crippen LogP contribution in [0.4, 0.5) is 13.2 Å². The average Bonchev–Trinajstić information content (AvgIpc) is 2.91. The summed E-state index contributed by atoms with van der Waals surface area (Å²) in [4.78, 5) is 2.38. The summed E-state index contributed by atoms with van der Waals surface area (Å²) in [5, 5.41) is 8.93. The summed E-state index contributed by atoms with van der Waals surface area (Å²) < 4.78 is 41.0. The van der Waals surface area contributed by atoms with Gasteiger partial charge in [0.2, 0.25) is 0 Å². The van der Waals surface area contributed by atoms with Crippen LogP contribution in [-0.4, -0.2) is 42.0 Å². The van der Waals surface area contributed by atoms with Crippen LogP contribution in [0.3, 0.4) is 0 Å². The number of ether oxygens (including phenoxy) is 1. The second kappa shape index (κ2) is 7.83. The van der Waals surface area contributed by atoms with Crippen LogP contribution in [0.1, 0.15) is 31.2 Å². The van der Waals surface area contributed by atoms with Gasteiger partial charge in [-0.25, -0.2) is 0 Å². The largest absolute Gasteiger partial charge is 0.484 e. The lowest BCUT2D eigenvalue weighted by Gasteiger charge is -2.24. The van der Waals surface area contributed by atoms with Gasteiger partial charge in [0.05, 0.1) is 0 Å². The molecule has 1 N–H and O–H groups in total. The van der Waals surface area contributed by atoms with Crippen LogP contribution in [0.25, 0.3) is 0 Å². The standard InChI is InChI=1S/C16H22F3NO2/c17-16(18,19)12-22-15-7-5-13(6-8-15)11-20-9-1-3-14(20)4-2-10-21/h5-8,14,21H,1-4,9-12H2. The fraction of sp³-hybridized carbons (Fsp3) is 0.625. The molecule has 0 aromatic heterocycles. The van der Waals surface area contributed by atoms with Crippen LogP contribution in [0.2, 0.25) is 0 Å². The van der Waals surface area contributed by atoms with Crippen molar-refractivity contribution >= 4 is 0 Å². The van der Waals surface area contributed by atoms with Crippen molar-refractivity contribution in [2.24, 2.45) is 0 Å². The summed E-state index contributed by atoms with van der Waals surface area (Å²) in [6.07, 6.45) is -0.210. The van der Waals surface area contributed by atoms with Crippen molar-refractivity contribution in [3.8, 4) is 5.75 Å². The number of nitrogens with zero attached hydrogens (tertiary/aromatic N) is 1. The molecule has 0 spiro atoms. The van der Waals surface area contributed by atoms with Crippen LogP contribution >= 0.6 is 0 Å². The van der Waals surface area contributed by atoms with Crippen molar-refractivity contribution < 1.29 is 23.0 Å². The third kappa shape index (κ3) is 5.50. The molecule has 6 heteroatoms.